The summed E-state index contributed by atoms with van der Waals surface area (Å²) in [6.07, 6.45) is 2.00. The van der Waals surface area contributed by atoms with Crippen LogP contribution in [0.25, 0.3) is 0 Å². The topological polar surface area (TPSA) is 54.4 Å². The molecule has 0 aliphatic carbocycles. The van der Waals surface area contributed by atoms with E-state index in [-0.39, 0.29) is 17.6 Å². The Kier molecular flexibility index (Phi) is 5.43. The van der Waals surface area contributed by atoms with Crippen molar-refractivity contribution in [2.75, 3.05) is 23.0 Å². The first kappa shape index (κ1) is 13.3. The summed E-state index contributed by atoms with van der Waals surface area (Å²) in [6.45, 7) is 1.67. The zero-order valence-electron chi connectivity index (χ0n) is 9.18. The molecule has 2 atom stereocenters. The van der Waals surface area contributed by atoms with Gasteiger partial charge in [-0.2, -0.15) is 11.8 Å². The molecule has 0 spiro atoms. The fourth-order valence-electron chi connectivity index (χ4n) is 1.75. The van der Waals surface area contributed by atoms with E-state index >= 15 is 0 Å². The molecule has 1 aliphatic heterocycles. The first-order chi connectivity index (χ1) is 7.05. The Morgan fingerprint density at radius 2 is 2.27 bits per heavy atom. The molecule has 1 aliphatic rings. The summed E-state index contributed by atoms with van der Waals surface area (Å²) in [5.41, 5.74) is 0. The van der Waals surface area contributed by atoms with E-state index in [2.05, 4.69) is 0 Å². The lowest BCUT2D eigenvalue weighted by Crippen LogP contribution is -2.21. The molecule has 0 aromatic rings. The zero-order chi connectivity index (χ0) is 11.3. The van der Waals surface area contributed by atoms with Crippen LogP contribution in [0.3, 0.4) is 0 Å². The fourth-order valence-corrected chi connectivity index (χ4v) is 3.97. The minimum atomic E-state index is -2.86. The Bertz CT molecular complexity index is 268. The molecule has 0 bridgehead atoms. The maximum atomic E-state index is 11.2. The molecular weight excluding hydrogens is 232 g/mol. The molecule has 1 heterocycles. The summed E-state index contributed by atoms with van der Waals surface area (Å²) in [5.74, 6) is 2.98. The van der Waals surface area contributed by atoms with Crippen LogP contribution in [0.1, 0.15) is 26.2 Å². The fraction of sp³-hybridized carbons (Fsp3) is 1.00. The third kappa shape index (κ3) is 4.74. The lowest BCUT2D eigenvalue weighted by molar-refractivity contribution is 0.110. The van der Waals surface area contributed by atoms with Crippen molar-refractivity contribution in [2.45, 2.75) is 32.3 Å². The third-order valence-electron chi connectivity index (χ3n) is 2.90. The molecule has 1 fully saturated rings. The Morgan fingerprint density at radius 1 is 1.53 bits per heavy atom. The average molecular weight is 252 g/mol. The summed E-state index contributed by atoms with van der Waals surface area (Å²) in [5, 5.41) is 9.81. The van der Waals surface area contributed by atoms with Gasteiger partial charge in [0.2, 0.25) is 0 Å². The van der Waals surface area contributed by atoms with Gasteiger partial charge in [0.25, 0.3) is 0 Å². The highest BCUT2D eigenvalue weighted by atomic mass is 32.2. The van der Waals surface area contributed by atoms with Gasteiger partial charge in [0, 0.05) is 5.75 Å². The summed E-state index contributed by atoms with van der Waals surface area (Å²) in [7, 11) is -2.86. The van der Waals surface area contributed by atoms with Crippen molar-refractivity contribution < 1.29 is 13.5 Å². The van der Waals surface area contributed by atoms with Gasteiger partial charge in [-0.3, -0.25) is 0 Å². The number of hydrogen-bond donors (Lipinski definition) is 1. The molecule has 15 heavy (non-hydrogen) atoms. The molecule has 1 N–H and O–H groups in total. The predicted octanol–water partition coefficient (Wildman–Crippen LogP) is 1.32. The molecule has 1 rings (SSSR count). The van der Waals surface area contributed by atoms with Crippen LogP contribution < -0.4 is 0 Å². The van der Waals surface area contributed by atoms with E-state index in [4.69, 9.17) is 0 Å². The van der Waals surface area contributed by atoms with Gasteiger partial charge in [0.1, 0.15) is 9.84 Å². The summed E-state index contributed by atoms with van der Waals surface area (Å²) in [4.78, 5) is 0. The molecule has 0 saturated carbocycles. The van der Waals surface area contributed by atoms with Crippen LogP contribution in [0.5, 0.6) is 0 Å². The van der Waals surface area contributed by atoms with Gasteiger partial charge < -0.3 is 5.11 Å². The van der Waals surface area contributed by atoms with Gasteiger partial charge in [0.05, 0.1) is 11.9 Å². The quantitative estimate of drug-likeness (QED) is 0.774. The molecule has 0 aromatic heterocycles. The van der Waals surface area contributed by atoms with E-state index in [9.17, 15) is 13.5 Å². The van der Waals surface area contributed by atoms with Crippen molar-refractivity contribution in [3.63, 3.8) is 0 Å². The van der Waals surface area contributed by atoms with Crippen molar-refractivity contribution in [1.82, 2.24) is 0 Å². The molecule has 1 saturated heterocycles. The molecule has 0 aromatic carbocycles. The van der Waals surface area contributed by atoms with E-state index in [0.29, 0.717) is 18.8 Å². The highest BCUT2D eigenvalue weighted by molar-refractivity contribution is 7.99. The average Bonchev–Trinajstić information content (AvgIpc) is 2.70. The maximum Gasteiger partial charge on any atom is 0.150 e. The lowest BCUT2D eigenvalue weighted by atomic mass is 9.98. The maximum absolute atomic E-state index is 11.2. The normalized spacial score (nSPS) is 24.3. The van der Waals surface area contributed by atoms with Crippen molar-refractivity contribution in [3.05, 3.63) is 0 Å². The monoisotopic (exact) mass is 252 g/mol. The number of aliphatic hydroxyl groups is 1. The highest BCUT2D eigenvalue weighted by Crippen LogP contribution is 2.27. The minimum absolute atomic E-state index is 0.211. The smallest absolute Gasteiger partial charge is 0.150 e. The first-order valence-electron chi connectivity index (χ1n) is 5.51. The number of sulfone groups is 1. The Hall–Kier alpha value is 0.260. The SMILES string of the molecule is CCS(=O)(=O)CCCC(O)C1CCSC1. The summed E-state index contributed by atoms with van der Waals surface area (Å²) >= 11 is 1.88. The van der Waals surface area contributed by atoms with Gasteiger partial charge >= 0.3 is 0 Å². The molecule has 3 nitrogen and oxygen atoms in total. The molecule has 2 unspecified atom stereocenters. The van der Waals surface area contributed by atoms with E-state index in [1.165, 1.54) is 0 Å². The summed E-state index contributed by atoms with van der Waals surface area (Å²) in [6, 6.07) is 0. The second-order valence-electron chi connectivity index (χ2n) is 4.07. The molecule has 90 valence electrons. The van der Waals surface area contributed by atoms with E-state index in [0.717, 1.165) is 17.9 Å². The van der Waals surface area contributed by atoms with Gasteiger partial charge in [0.15, 0.2) is 0 Å². The van der Waals surface area contributed by atoms with Crippen LogP contribution in [0.4, 0.5) is 0 Å². The number of hydrogen-bond acceptors (Lipinski definition) is 4. The van der Waals surface area contributed by atoms with Gasteiger partial charge in [-0.25, -0.2) is 8.42 Å². The standard InChI is InChI=1S/C10H20O3S2/c1-2-15(12,13)7-3-4-10(11)9-5-6-14-8-9/h9-11H,2-8H2,1H3. The van der Waals surface area contributed by atoms with Gasteiger partial charge in [-0.1, -0.05) is 6.92 Å². The van der Waals surface area contributed by atoms with Gasteiger partial charge in [-0.15, -0.1) is 0 Å². The molecular formula is C10H20O3S2. The second-order valence-corrected chi connectivity index (χ2v) is 7.69. The van der Waals surface area contributed by atoms with Crippen molar-refractivity contribution >= 4 is 21.6 Å². The number of thioether (sulfide) groups is 1. The van der Waals surface area contributed by atoms with Crippen molar-refractivity contribution in [3.8, 4) is 0 Å². The lowest BCUT2D eigenvalue weighted by Gasteiger charge is -2.16. The van der Waals surface area contributed by atoms with E-state index < -0.39 is 9.84 Å². The van der Waals surface area contributed by atoms with E-state index in [1.807, 2.05) is 11.8 Å². The zero-order valence-corrected chi connectivity index (χ0v) is 10.8. The Morgan fingerprint density at radius 3 is 2.80 bits per heavy atom. The Labute approximate surface area is 96.6 Å². The van der Waals surface area contributed by atoms with Crippen LogP contribution in [0.2, 0.25) is 0 Å². The van der Waals surface area contributed by atoms with Crippen LogP contribution in [0.15, 0.2) is 0 Å². The Balaban J connectivity index is 2.19. The number of aliphatic hydroxyl groups excluding tert-OH is 1. The van der Waals surface area contributed by atoms with Crippen molar-refractivity contribution in [1.29, 1.82) is 0 Å². The van der Waals surface area contributed by atoms with Gasteiger partial charge in [-0.05, 0) is 36.7 Å². The highest BCUT2D eigenvalue weighted by Gasteiger charge is 2.23. The van der Waals surface area contributed by atoms with Crippen LogP contribution in [-0.2, 0) is 9.84 Å². The largest absolute Gasteiger partial charge is 0.393 e. The molecule has 0 radical (unpaired) electrons. The minimum Gasteiger partial charge on any atom is -0.393 e. The molecule has 0 amide bonds. The third-order valence-corrected chi connectivity index (χ3v) is 5.88. The van der Waals surface area contributed by atoms with E-state index in [1.54, 1.807) is 6.92 Å². The van der Waals surface area contributed by atoms with Crippen molar-refractivity contribution in [2.24, 2.45) is 5.92 Å². The molecule has 5 heteroatoms. The van der Waals surface area contributed by atoms with Crippen LogP contribution in [-0.4, -0.2) is 42.6 Å². The number of rotatable bonds is 6. The first-order valence-corrected chi connectivity index (χ1v) is 8.49. The second kappa shape index (κ2) is 6.11. The van der Waals surface area contributed by atoms with Crippen LogP contribution in [0, 0.1) is 5.92 Å². The summed E-state index contributed by atoms with van der Waals surface area (Å²) < 4.78 is 22.4. The van der Waals surface area contributed by atoms with Crippen LogP contribution >= 0.6 is 11.8 Å². The predicted molar refractivity (Wildman–Crippen MR) is 65.0 cm³/mol.